The Labute approximate surface area is 103 Å². The summed E-state index contributed by atoms with van der Waals surface area (Å²) in [5.41, 5.74) is 0.671. The van der Waals surface area contributed by atoms with Gasteiger partial charge in [-0.1, -0.05) is 13.8 Å². The number of anilines is 1. The number of nitrogens with zero attached hydrogens (tertiary/aromatic N) is 3. The fourth-order valence-electron chi connectivity index (χ4n) is 1.46. The first-order valence-electron chi connectivity index (χ1n) is 5.58. The van der Waals surface area contributed by atoms with Crippen LogP contribution in [0.15, 0.2) is 12.4 Å². The SMILES string of the molecule is CC(C)c1cc(N(CCO)CC(F)(F)F)ncn1. The normalized spacial score (nSPS) is 11.9. The van der Waals surface area contributed by atoms with Gasteiger partial charge in [0.25, 0.3) is 0 Å². The van der Waals surface area contributed by atoms with E-state index in [9.17, 15) is 13.2 Å². The monoisotopic (exact) mass is 263 g/mol. The minimum Gasteiger partial charge on any atom is -0.395 e. The maximum atomic E-state index is 12.4. The number of aliphatic hydroxyl groups is 1. The largest absolute Gasteiger partial charge is 0.405 e. The minimum absolute atomic E-state index is 0.105. The van der Waals surface area contributed by atoms with Gasteiger partial charge in [-0.25, -0.2) is 9.97 Å². The molecule has 0 bridgehead atoms. The molecule has 0 aliphatic carbocycles. The maximum Gasteiger partial charge on any atom is 0.405 e. The lowest BCUT2D eigenvalue weighted by Gasteiger charge is -2.24. The van der Waals surface area contributed by atoms with Crippen molar-refractivity contribution >= 4 is 5.82 Å². The molecule has 0 radical (unpaired) electrons. The Morgan fingerprint density at radius 2 is 2.00 bits per heavy atom. The molecule has 7 heteroatoms. The van der Waals surface area contributed by atoms with Crippen molar-refractivity contribution in [3.8, 4) is 0 Å². The second-order valence-electron chi connectivity index (χ2n) is 4.22. The van der Waals surface area contributed by atoms with E-state index in [4.69, 9.17) is 5.11 Å². The van der Waals surface area contributed by atoms with Crippen LogP contribution in [0.5, 0.6) is 0 Å². The molecule has 0 aromatic carbocycles. The molecule has 0 saturated heterocycles. The Morgan fingerprint density at radius 1 is 1.33 bits per heavy atom. The van der Waals surface area contributed by atoms with E-state index in [1.165, 1.54) is 12.4 Å². The van der Waals surface area contributed by atoms with Gasteiger partial charge in [0.15, 0.2) is 0 Å². The van der Waals surface area contributed by atoms with Crippen molar-refractivity contribution < 1.29 is 18.3 Å². The number of halogens is 3. The van der Waals surface area contributed by atoms with Crippen LogP contribution in [0.1, 0.15) is 25.5 Å². The Kier molecular flexibility index (Phi) is 4.89. The standard InChI is InChI=1S/C11H16F3N3O/c1-8(2)9-5-10(16-7-15-9)17(3-4-18)6-11(12,13)14/h5,7-8,18H,3-4,6H2,1-2H3. The van der Waals surface area contributed by atoms with E-state index in [2.05, 4.69) is 9.97 Å². The van der Waals surface area contributed by atoms with Crippen LogP contribution in [0.4, 0.5) is 19.0 Å². The molecule has 1 aromatic heterocycles. The molecule has 0 spiro atoms. The van der Waals surface area contributed by atoms with E-state index in [0.29, 0.717) is 5.69 Å². The zero-order valence-corrected chi connectivity index (χ0v) is 10.3. The number of hydrogen-bond donors (Lipinski definition) is 1. The molecule has 0 unspecified atom stereocenters. The topological polar surface area (TPSA) is 49.2 Å². The lowest BCUT2D eigenvalue weighted by Crippen LogP contribution is -2.36. The first-order valence-corrected chi connectivity index (χ1v) is 5.58. The van der Waals surface area contributed by atoms with E-state index in [1.54, 1.807) is 0 Å². The smallest absolute Gasteiger partial charge is 0.395 e. The number of alkyl halides is 3. The Morgan fingerprint density at radius 3 is 2.50 bits per heavy atom. The molecule has 0 aliphatic heterocycles. The van der Waals surface area contributed by atoms with Crippen molar-refractivity contribution in [1.29, 1.82) is 0 Å². The highest BCUT2D eigenvalue weighted by Gasteiger charge is 2.31. The first kappa shape index (κ1) is 14.7. The molecule has 1 N–H and O–H groups in total. The van der Waals surface area contributed by atoms with E-state index in [1.807, 2.05) is 13.8 Å². The number of rotatable bonds is 5. The van der Waals surface area contributed by atoms with Gasteiger partial charge in [-0.2, -0.15) is 13.2 Å². The molecule has 1 heterocycles. The van der Waals surface area contributed by atoms with Crippen LogP contribution < -0.4 is 4.90 Å². The molecule has 1 aromatic rings. The highest BCUT2D eigenvalue weighted by molar-refractivity contribution is 5.39. The molecular weight excluding hydrogens is 247 g/mol. The van der Waals surface area contributed by atoms with Gasteiger partial charge in [-0.3, -0.25) is 0 Å². The predicted octanol–water partition coefficient (Wildman–Crippen LogP) is 1.96. The van der Waals surface area contributed by atoms with Crippen molar-refractivity contribution in [1.82, 2.24) is 9.97 Å². The predicted molar refractivity (Wildman–Crippen MR) is 61.5 cm³/mol. The van der Waals surface area contributed by atoms with Gasteiger partial charge in [0.2, 0.25) is 0 Å². The Bertz CT molecular complexity index is 382. The minimum atomic E-state index is -4.34. The van der Waals surface area contributed by atoms with E-state index in [0.717, 1.165) is 4.90 Å². The van der Waals surface area contributed by atoms with E-state index < -0.39 is 12.7 Å². The molecule has 0 fully saturated rings. The summed E-state index contributed by atoms with van der Waals surface area (Å²) in [4.78, 5) is 8.82. The molecule has 0 amide bonds. The molecule has 0 saturated carbocycles. The van der Waals surface area contributed by atoms with Crippen LogP contribution in [0.3, 0.4) is 0 Å². The second kappa shape index (κ2) is 5.99. The fourth-order valence-corrected chi connectivity index (χ4v) is 1.46. The number of hydrogen-bond acceptors (Lipinski definition) is 4. The Hall–Kier alpha value is -1.37. The molecule has 102 valence electrons. The third kappa shape index (κ3) is 4.48. The summed E-state index contributed by atoms with van der Waals surface area (Å²) in [5.74, 6) is 0.286. The van der Waals surface area contributed by atoms with E-state index in [-0.39, 0.29) is 24.9 Å². The van der Waals surface area contributed by atoms with Crippen molar-refractivity contribution in [3.05, 3.63) is 18.1 Å². The van der Waals surface area contributed by atoms with Crippen LogP contribution in [-0.2, 0) is 0 Å². The molecule has 0 aliphatic rings. The summed E-state index contributed by atoms with van der Waals surface area (Å²) in [6.45, 7) is 2.17. The van der Waals surface area contributed by atoms with Crippen LogP contribution >= 0.6 is 0 Å². The van der Waals surface area contributed by atoms with Crippen LogP contribution in [0.2, 0.25) is 0 Å². The van der Waals surface area contributed by atoms with Gasteiger partial charge >= 0.3 is 6.18 Å². The highest BCUT2D eigenvalue weighted by Crippen LogP contribution is 2.22. The van der Waals surface area contributed by atoms with E-state index >= 15 is 0 Å². The molecule has 18 heavy (non-hydrogen) atoms. The van der Waals surface area contributed by atoms with Crippen LogP contribution in [0.25, 0.3) is 0 Å². The second-order valence-corrected chi connectivity index (χ2v) is 4.22. The fraction of sp³-hybridized carbons (Fsp3) is 0.636. The Balaban J connectivity index is 2.94. The summed E-state index contributed by atoms with van der Waals surface area (Å²) >= 11 is 0. The van der Waals surface area contributed by atoms with Gasteiger partial charge in [0.05, 0.1) is 6.61 Å². The van der Waals surface area contributed by atoms with Crippen molar-refractivity contribution in [2.75, 3.05) is 24.6 Å². The lowest BCUT2D eigenvalue weighted by atomic mass is 10.1. The van der Waals surface area contributed by atoms with Gasteiger partial charge in [-0.15, -0.1) is 0 Å². The zero-order chi connectivity index (χ0) is 13.8. The summed E-state index contributed by atoms with van der Waals surface area (Å²) in [6.07, 6.45) is -3.09. The quantitative estimate of drug-likeness (QED) is 0.882. The van der Waals surface area contributed by atoms with Gasteiger partial charge in [-0.05, 0) is 5.92 Å². The maximum absolute atomic E-state index is 12.4. The summed E-state index contributed by atoms with van der Waals surface area (Å²) in [7, 11) is 0. The number of aromatic nitrogens is 2. The van der Waals surface area contributed by atoms with Crippen LogP contribution in [-0.4, -0.2) is 40.9 Å². The van der Waals surface area contributed by atoms with Crippen LogP contribution in [0, 0.1) is 0 Å². The van der Waals surface area contributed by atoms with Crippen molar-refractivity contribution in [2.24, 2.45) is 0 Å². The zero-order valence-electron chi connectivity index (χ0n) is 10.3. The van der Waals surface area contributed by atoms with Gasteiger partial charge in [0.1, 0.15) is 18.7 Å². The molecule has 4 nitrogen and oxygen atoms in total. The average molecular weight is 263 g/mol. The third-order valence-corrected chi connectivity index (χ3v) is 2.33. The van der Waals surface area contributed by atoms with Gasteiger partial charge in [0, 0.05) is 18.3 Å². The lowest BCUT2D eigenvalue weighted by molar-refractivity contribution is -0.120. The first-order chi connectivity index (χ1) is 8.33. The summed E-state index contributed by atoms with van der Waals surface area (Å²) in [6, 6.07) is 1.52. The third-order valence-electron chi connectivity index (χ3n) is 2.33. The highest BCUT2D eigenvalue weighted by atomic mass is 19.4. The molecule has 1 rings (SSSR count). The average Bonchev–Trinajstić information content (AvgIpc) is 2.27. The van der Waals surface area contributed by atoms with Crippen molar-refractivity contribution in [3.63, 3.8) is 0 Å². The molecule has 0 atom stereocenters. The number of aliphatic hydroxyl groups excluding tert-OH is 1. The summed E-state index contributed by atoms with van der Waals surface area (Å²) in [5, 5.41) is 8.82. The van der Waals surface area contributed by atoms with Crippen molar-refractivity contribution in [2.45, 2.75) is 25.9 Å². The van der Waals surface area contributed by atoms with Gasteiger partial charge < -0.3 is 10.0 Å². The molecular formula is C11H16F3N3O. The summed E-state index contributed by atoms with van der Waals surface area (Å²) < 4.78 is 37.2.